The van der Waals surface area contributed by atoms with Crippen LogP contribution in [-0.4, -0.2) is 5.97 Å². The molecule has 0 amide bonds. The molecule has 0 aliphatic carbocycles. The zero-order chi connectivity index (χ0) is 19.3. The zero-order valence-corrected chi connectivity index (χ0v) is 15.1. The SMILES string of the molecule is CCC(=O)Oc1cccc(C(F)(F)F)c1COc1ccc(CC)cc1Cl. The molecule has 140 valence electrons. The number of aryl methyl sites for hydroxylation is 1. The van der Waals surface area contributed by atoms with Crippen LogP contribution in [0.4, 0.5) is 13.2 Å². The maximum absolute atomic E-state index is 13.3. The largest absolute Gasteiger partial charge is 0.487 e. The summed E-state index contributed by atoms with van der Waals surface area (Å²) in [5.74, 6) is -0.544. The van der Waals surface area contributed by atoms with E-state index < -0.39 is 24.3 Å². The van der Waals surface area contributed by atoms with Gasteiger partial charge in [-0.3, -0.25) is 4.79 Å². The molecule has 0 heterocycles. The molecule has 0 saturated carbocycles. The lowest BCUT2D eigenvalue weighted by atomic mass is 10.1. The third kappa shape index (κ3) is 4.91. The number of carbonyl (C=O) groups is 1. The number of esters is 1. The predicted octanol–water partition coefficient (Wildman–Crippen LogP) is 5.82. The van der Waals surface area contributed by atoms with Gasteiger partial charge in [0.2, 0.25) is 0 Å². The van der Waals surface area contributed by atoms with Gasteiger partial charge in [0.15, 0.2) is 0 Å². The fraction of sp³-hybridized carbons (Fsp3) is 0.316. The lowest BCUT2D eigenvalue weighted by Gasteiger charge is -2.17. The van der Waals surface area contributed by atoms with Crippen molar-refractivity contribution in [3.63, 3.8) is 0 Å². The van der Waals surface area contributed by atoms with E-state index in [0.29, 0.717) is 5.02 Å². The van der Waals surface area contributed by atoms with Crippen molar-refractivity contribution in [3.8, 4) is 11.5 Å². The van der Waals surface area contributed by atoms with Crippen molar-refractivity contribution in [2.75, 3.05) is 0 Å². The van der Waals surface area contributed by atoms with Crippen molar-refractivity contribution in [1.82, 2.24) is 0 Å². The van der Waals surface area contributed by atoms with E-state index in [1.807, 2.05) is 6.92 Å². The first kappa shape index (κ1) is 20.1. The quantitative estimate of drug-likeness (QED) is 0.464. The third-order valence-electron chi connectivity index (χ3n) is 3.73. The number of alkyl halides is 3. The number of halogens is 4. The van der Waals surface area contributed by atoms with Crippen LogP contribution in [0.15, 0.2) is 36.4 Å². The summed E-state index contributed by atoms with van der Waals surface area (Å²) in [5.41, 5.74) is -0.187. The van der Waals surface area contributed by atoms with E-state index in [1.165, 1.54) is 12.1 Å². The van der Waals surface area contributed by atoms with Crippen molar-refractivity contribution in [1.29, 1.82) is 0 Å². The van der Waals surface area contributed by atoms with Crippen LogP contribution >= 0.6 is 11.6 Å². The van der Waals surface area contributed by atoms with Crippen LogP contribution in [0.2, 0.25) is 5.02 Å². The Morgan fingerprint density at radius 2 is 1.85 bits per heavy atom. The highest BCUT2D eigenvalue weighted by Crippen LogP contribution is 2.37. The molecule has 2 rings (SSSR count). The van der Waals surface area contributed by atoms with Crippen molar-refractivity contribution in [3.05, 3.63) is 58.1 Å². The average molecular weight is 387 g/mol. The Hall–Kier alpha value is -2.21. The van der Waals surface area contributed by atoms with Gasteiger partial charge in [-0.15, -0.1) is 0 Å². The van der Waals surface area contributed by atoms with E-state index in [0.717, 1.165) is 18.1 Å². The van der Waals surface area contributed by atoms with Crippen LogP contribution in [0, 0.1) is 0 Å². The second-order valence-electron chi connectivity index (χ2n) is 5.51. The molecular formula is C19H18ClF3O3. The molecule has 2 aromatic rings. The Morgan fingerprint density at radius 1 is 1.12 bits per heavy atom. The topological polar surface area (TPSA) is 35.5 Å². The van der Waals surface area contributed by atoms with Gasteiger partial charge in [0, 0.05) is 12.0 Å². The molecule has 0 saturated heterocycles. The molecule has 0 atom stereocenters. The summed E-state index contributed by atoms with van der Waals surface area (Å²) in [6, 6.07) is 8.51. The van der Waals surface area contributed by atoms with E-state index in [1.54, 1.807) is 25.1 Å². The first-order valence-corrected chi connectivity index (χ1v) is 8.45. The highest BCUT2D eigenvalue weighted by Gasteiger charge is 2.35. The monoisotopic (exact) mass is 386 g/mol. The molecule has 7 heteroatoms. The molecule has 0 aliphatic heterocycles. The minimum atomic E-state index is -4.61. The summed E-state index contributed by atoms with van der Waals surface area (Å²) in [6.07, 6.45) is -3.79. The van der Waals surface area contributed by atoms with E-state index >= 15 is 0 Å². The van der Waals surface area contributed by atoms with Crippen LogP contribution in [0.3, 0.4) is 0 Å². The van der Waals surface area contributed by atoms with Gasteiger partial charge in [0.05, 0.1) is 10.6 Å². The molecule has 0 spiro atoms. The van der Waals surface area contributed by atoms with Crippen LogP contribution in [0.5, 0.6) is 11.5 Å². The number of carbonyl (C=O) groups excluding carboxylic acids is 1. The maximum Gasteiger partial charge on any atom is 0.416 e. The maximum atomic E-state index is 13.3. The second kappa shape index (κ2) is 8.45. The summed E-state index contributed by atoms with van der Waals surface area (Å²) >= 11 is 6.12. The summed E-state index contributed by atoms with van der Waals surface area (Å²) in [5, 5.41) is 0.306. The molecule has 0 aromatic heterocycles. The molecule has 0 N–H and O–H groups in total. The molecule has 26 heavy (non-hydrogen) atoms. The number of hydrogen-bond acceptors (Lipinski definition) is 3. The van der Waals surface area contributed by atoms with E-state index in [4.69, 9.17) is 21.1 Å². The van der Waals surface area contributed by atoms with Gasteiger partial charge in [0.1, 0.15) is 18.1 Å². The van der Waals surface area contributed by atoms with Gasteiger partial charge in [-0.2, -0.15) is 13.2 Å². The number of rotatable bonds is 6. The summed E-state index contributed by atoms with van der Waals surface area (Å²) in [7, 11) is 0. The van der Waals surface area contributed by atoms with E-state index in [2.05, 4.69) is 0 Å². The Bertz CT molecular complexity index is 788. The first-order valence-electron chi connectivity index (χ1n) is 8.07. The van der Waals surface area contributed by atoms with Crippen LogP contribution in [-0.2, 0) is 24.0 Å². The molecule has 2 aromatic carbocycles. The Balaban J connectivity index is 2.35. The number of ether oxygens (including phenoxy) is 2. The minimum absolute atomic E-state index is 0.0425. The highest BCUT2D eigenvalue weighted by atomic mass is 35.5. The van der Waals surface area contributed by atoms with Gasteiger partial charge in [-0.05, 0) is 36.2 Å². The third-order valence-corrected chi connectivity index (χ3v) is 4.02. The lowest BCUT2D eigenvalue weighted by Crippen LogP contribution is -2.15. The second-order valence-corrected chi connectivity index (χ2v) is 5.92. The Kier molecular flexibility index (Phi) is 6.53. The smallest absolute Gasteiger partial charge is 0.416 e. The normalized spacial score (nSPS) is 11.3. The molecule has 0 bridgehead atoms. The molecule has 0 unspecified atom stereocenters. The van der Waals surface area contributed by atoms with E-state index in [-0.39, 0.29) is 23.5 Å². The molecule has 0 radical (unpaired) electrons. The highest BCUT2D eigenvalue weighted by molar-refractivity contribution is 6.32. The molecule has 0 fully saturated rings. The fourth-order valence-corrected chi connectivity index (χ4v) is 2.56. The van der Waals surface area contributed by atoms with Crippen molar-refractivity contribution in [2.24, 2.45) is 0 Å². The van der Waals surface area contributed by atoms with Crippen molar-refractivity contribution >= 4 is 17.6 Å². The minimum Gasteiger partial charge on any atom is -0.487 e. The van der Waals surface area contributed by atoms with Gasteiger partial charge in [-0.25, -0.2) is 0 Å². The summed E-state index contributed by atoms with van der Waals surface area (Å²) in [4.78, 5) is 11.5. The van der Waals surface area contributed by atoms with Gasteiger partial charge >= 0.3 is 12.1 Å². The number of hydrogen-bond donors (Lipinski definition) is 0. The summed E-state index contributed by atoms with van der Waals surface area (Å²) in [6.45, 7) is 3.08. The van der Waals surface area contributed by atoms with E-state index in [9.17, 15) is 18.0 Å². The van der Waals surface area contributed by atoms with Crippen LogP contribution < -0.4 is 9.47 Å². The summed E-state index contributed by atoms with van der Waals surface area (Å²) < 4.78 is 50.5. The van der Waals surface area contributed by atoms with Gasteiger partial charge in [0.25, 0.3) is 0 Å². The van der Waals surface area contributed by atoms with Gasteiger partial charge < -0.3 is 9.47 Å². The van der Waals surface area contributed by atoms with Crippen LogP contribution in [0.25, 0.3) is 0 Å². The standard InChI is InChI=1S/C19H18ClF3O3/c1-3-12-8-9-17(15(20)10-12)25-11-13-14(19(21,22)23)6-5-7-16(13)26-18(24)4-2/h5-10H,3-4,11H2,1-2H3. The molecule has 3 nitrogen and oxygen atoms in total. The average Bonchev–Trinajstić information content (AvgIpc) is 2.60. The Morgan fingerprint density at radius 3 is 2.42 bits per heavy atom. The Labute approximate surface area is 154 Å². The number of benzene rings is 2. The van der Waals surface area contributed by atoms with Gasteiger partial charge in [-0.1, -0.05) is 37.6 Å². The van der Waals surface area contributed by atoms with Crippen LogP contribution in [0.1, 0.15) is 37.0 Å². The zero-order valence-electron chi connectivity index (χ0n) is 14.3. The van der Waals surface area contributed by atoms with Crippen molar-refractivity contribution in [2.45, 2.75) is 39.5 Å². The molecule has 0 aliphatic rings. The fourth-order valence-electron chi connectivity index (χ4n) is 2.30. The predicted molar refractivity (Wildman–Crippen MR) is 92.5 cm³/mol. The first-order chi connectivity index (χ1) is 12.3. The van der Waals surface area contributed by atoms with Crippen molar-refractivity contribution < 1.29 is 27.4 Å². The molecular weight excluding hydrogens is 369 g/mol. The lowest BCUT2D eigenvalue weighted by molar-refractivity contribution is -0.140.